The van der Waals surface area contributed by atoms with E-state index in [1.165, 1.54) is 17.0 Å². The Bertz CT molecular complexity index is 732. The van der Waals surface area contributed by atoms with Crippen LogP contribution in [0.4, 0.5) is 33.3 Å². The Kier molecular flexibility index (Phi) is 7.70. The summed E-state index contributed by atoms with van der Waals surface area (Å²) in [5.74, 6) is -1.75. The fraction of sp³-hybridized carbons (Fsp3) is 0.500. The number of rotatable bonds is 8. The van der Waals surface area contributed by atoms with E-state index in [0.717, 1.165) is 6.07 Å². The molecular weight excluding hydrogens is 407 g/mol. The van der Waals surface area contributed by atoms with Gasteiger partial charge in [0, 0.05) is 24.8 Å². The van der Waals surface area contributed by atoms with Crippen LogP contribution in [0.15, 0.2) is 18.2 Å². The van der Waals surface area contributed by atoms with Crippen molar-refractivity contribution in [3.8, 4) is 5.75 Å². The molecule has 1 atom stereocenters. The van der Waals surface area contributed by atoms with Crippen LogP contribution in [-0.4, -0.2) is 63.5 Å². The van der Waals surface area contributed by atoms with E-state index in [9.17, 15) is 31.5 Å². The standard InChI is InChI=1S/C16H19F5N4O4/c17-15(18)29-12-5-9(1-2-11(12)25-3-4-28-7-13(25)26)24-14(27)10(6-22)23-8-16(19,20)21/h1-2,5,10,15,23H,3-4,6-8,22H2,(H,24,27)/t10-/m0/s1. The van der Waals surface area contributed by atoms with E-state index in [1.54, 1.807) is 0 Å². The minimum absolute atomic E-state index is 0.0256. The molecule has 1 aromatic rings. The Balaban J connectivity index is 2.18. The average molecular weight is 426 g/mol. The monoisotopic (exact) mass is 426 g/mol. The second-order valence-electron chi connectivity index (χ2n) is 5.93. The van der Waals surface area contributed by atoms with Crippen LogP contribution in [0.2, 0.25) is 0 Å². The number of carbonyl (C=O) groups excluding carboxylic acids is 2. The first kappa shape index (κ1) is 22.8. The third-order valence-corrected chi connectivity index (χ3v) is 3.82. The second-order valence-corrected chi connectivity index (χ2v) is 5.93. The summed E-state index contributed by atoms with van der Waals surface area (Å²) in [4.78, 5) is 25.3. The van der Waals surface area contributed by atoms with Crippen molar-refractivity contribution in [2.24, 2.45) is 5.73 Å². The number of carbonyl (C=O) groups is 2. The number of nitrogens with one attached hydrogen (secondary N) is 2. The van der Waals surface area contributed by atoms with Gasteiger partial charge >= 0.3 is 12.8 Å². The maximum absolute atomic E-state index is 12.8. The van der Waals surface area contributed by atoms with E-state index in [-0.39, 0.29) is 36.9 Å². The lowest BCUT2D eigenvalue weighted by Crippen LogP contribution is -2.48. The van der Waals surface area contributed by atoms with Crippen molar-refractivity contribution in [1.29, 1.82) is 0 Å². The zero-order valence-electron chi connectivity index (χ0n) is 15.0. The summed E-state index contributed by atoms with van der Waals surface area (Å²) in [6.45, 7) is -4.98. The van der Waals surface area contributed by atoms with Gasteiger partial charge in [-0.3, -0.25) is 14.9 Å². The lowest BCUT2D eigenvalue weighted by Gasteiger charge is -2.28. The Hall–Kier alpha value is -2.51. The van der Waals surface area contributed by atoms with Gasteiger partial charge in [0.25, 0.3) is 5.91 Å². The maximum Gasteiger partial charge on any atom is 0.401 e. The first-order chi connectivity index (χ1) is 13.6. The molecular formula is C16H19F5N4O4. The number of halogens is 5. The molecule has 2 rings (SSSR count). The smallest absolute Gasteiger partial charge is 0.401 e. The molecule has 0 radical (unpaired) electrons. The lowest BCUT2D eigenvalue weighted by molar-refractivity contribution is -0.130. The summed E-state index contributed by atoms with van der Waals surface area (Å²) in [6, 6.07) is 2.25. The third kappa shape index (κ3) is 6.80. The van der Waals surface area contributed by atoms with Gasteiger partial charge < -0.3 is 25.4 Å². The van der Waals surface area contributed by atoms with Gasteiger partial charge in [0.2, 0.25) is 5.91 Å². The van der Waals surface area contributed by atoms with Crippen LogP contribution in [0.5, 0.6) is 5.75 Å². The molecule has 1 aliphatic rings. The normalized spacial score (nSPS) is 16.1. The van der Waals surface area contributed by atoms with Crippen molar-refractivity contribution >= 4 is 23.2 Å². The Morgan fingerprint density at radius 3 is 2.66 bits per heavy atom. The summed E-state index contributed by atoms with van der Waals surface area (Å²) < 4.78 is 71.9. The number of anilines is 2. The molecule has 29 heavy (non-hydrogen) atoms. The molecule has 0 saturated carbocycles. The van der Waals surface area contributed by atoms with Crippen molar-refractivity contribution in [1.82, 2.24) is 5.32 Å². The van der Waals surface area contributed by atoms with Crippen LogP contribution in [0.3, 0.4) is 0 Å². The zero-order chi connectivity index (χ0) is 21.6. The topological polar surface area (TPSA) is 106 Å². The Labute approximate surface area is 162 Å². The molecule has 162 valence electrons. The highest BCUT2D eigenvalue weighted by molar-refractivity contribution is 5.98. The molecule has 0 spiro atoms. The summed E-state index contributed by atoms with van der Waals surface area (Å²) in [5, 5.41) is 4.25. The quantitative estimate of drug-likeness (QED) is 0.537. The van der Waals surface area contributed by atoms with Crippen molar-refractivity contribution in [2.45, 2.75) is 18.8 Å². The average Bonchev–Trinajstić information content (AvgIpc) is 2.62. The SMILES string of the molecule is NC[C@H](NCC(F)(F)F)C(=O)Nc1ccc(N2CCOCC2=O)c(OC(F)F)c1. The van der Waals surface area contributed by atoms with Gasteiger partial charge in [-0.25, -0.2) is 0 Å². The Morgan fingerprint density at radius 2 is 2.07 bits per heavy atom. The number of ether oxygens (including phenoxy) is 2. The number of nitrogens with zero attached hydrogens (tertiary/aromatic N) is 1. The second kappa shape index (κ2) is 9.80. The number of benzene rings is 1. The highest BCUT2D eigenvalue weighted by Gasteiger charge is 2.30. The number of hydrogen-bond acceptors (Lipinski definition) is 6. The molecule has 1 saturated heterocycles. The van der Waals surface area contributed by atoms with Gasteiger partial charge in [-0.05, 0) is 12.1 Å². The molecule has 1 fully saturated rings. The fourth-order valence-electron chi connectivity index (χ4n) is 2.53. The number of alkyl halides is 5. The summed E-state index contributed by atoms with van der Waals surface area (Å²) in [5.41, 5.74) is 5.34. The predicted molar refractivity (Wildman–Crippen MR) is 91.8 cm³/mol. The van der Waals surface area contributed by atoms with Crippen molar-refractivity contribution in [3.63, 3.8) is 0 Å². The predicted octanol–water partition coefficient (Wildman–Crippen LogP) is 1.07. The molecule has 1 aliphatic heterocycles. The highest BCUT2D eigenvalue weighted by atomic mass is 19.4. The van der Waals surface area contributed by atoms with Gasteiger partial charge in [-0.2, -0.15) is 22.0 Å². The number of hydrogen-bond donors (Lipinski definition) is 3. The van der Waals surface area contributed by atoms with Gasteiger partial charge in [0.1, 0.15) is 6.61 Å². The van der Waals surface area contributed by atoms with Crippen molar-refractivity contribution in [3.05, 3.63) is 18.2 Å². The molecule has 0 aromatic heterocycles. The van der Waals surface area contributed by atoms with Gasteiger partial charge in [0.15, 0.2) is 5.75 Å². The maximum atomic E-state index is 12.8. The molecule has 4 N–H and O–H groups in total. The minimum Gasteiger partial charge on any atom is -0.433 e. The number of amides is 2. The lowest BCUT2D eigenvalue weighted by atomic mass is 10.2. The van der Waals surface area contributed by atoms with Gasteiger partial charge in [0.05, 0.1) is 24.9 Å². The van der Waals surface area contributed by atoms with Gasteiger partial charge in [-0.1, -0.05) is 0 Å². The number of nitrogens with two attached hydrogens (primary N) is 1. The minimum atomic E-state index is -4.54. The number of morpholine rings is 1. The van der Waals surface area contributed by atoms with E-state index in [1.807, 2.05) is 5.32 Å². The van der Waals surface area contributed by atoms with Crippen LogP contribution >= 0.6 is 0 Å². The molecule has 0 unspecified atom stereocenters. The molecule has 1 heterocycles. The Morgan fingerprint density at radius 1 is 1.34 bits per heavy atom. The first-order valence-electron chi connectivity index (χ1n) is 8.38. The first-order valence-corrected chi connectivity index (χ1v) is 8.38. The molecule has 1 aromatic carbocycles. The fourth-order valence-corrected chi connectivity index (χ4v) is 2.53. The van der Waals surface area contributed by atoms with Crippen LogP contribution in [-0.2, 0) is 14.3 Å². The van der Waals surface area contributed by atoms with Crippen LogP contribution < -0.4 is 26.0 Å². The summed E-state index contributed by atoms with van der Waals surface area (Å²) in [7, 11) is 0. The van der Waals surface area contributed by atoms with Crippen molar-refractivity contribution in [2.75, 3.05) is 43.1 Å². The van der Waals surface area contributed by atoms with Crippen LogP contribution in [0.1, 0.15) is 0 Å². The molecule has 8 nitrogen and oxygen atoms in total. The van der Waals surface area contributed by atoms with E-state index in [0.29, 0.717) is 0 Å². The molecule has 0 aliphatic carbocycles. The third-order valence-electron chi connectivity index (χ3n) is 3.82. The van der Waals surface area contributed by atoms with Crippen molar-refractivity contribution < 1.29 is 41.0 Å². The van der Waals surface area contributed by atoms with Crippen LogP contribution in [0.25, 0.3) is 0 Å². The van der Waals surface area contributed by atoms with E-state index < -0.39 is 43.7 Å². The molecule has 2 amide bonds. The summed E-state index contributed by atoms with van der Waals surface area (Å²) in [6.07, 6.45) is -4.54. The van der Waals surface area contributed by atoms with E-state index >= 15 is 0 Å². The molecule has 0 bridgehead atoms. The molecule has 13 heteroatoms. The van der Waals surface area contributed by atoms with E-state index in [2.05, 4.69) is 10.1 Å². The van der Waals surface area contributed by atoms with Crippen LogP contribution in [0, 0.1) is 0 Å². The summed E-state index contributed by atoms with van der Waals surface area (Å²) >= 11 is 0. The highest BCUT2D eigenvalue weighted by Crippen LogP contribution is 2.33. The van der Waals surface area contributed by atoms with Gasteiger partial charge in [-0.15, -0.1) is 0 Å². The van der Waals surface area contributed by atoms with E-state index in [4.69, 9.17) is 10.5 Å². The zero-order valence-corrected chi connectivity index (χ0v) is 15.0. The largest absolute Gasteiger partial charge is 0.433 e.